The molecule has 0 aromatic rings. The number of hydrogen-bond donors (Lipinski definition) is 2. The van der Waals surface area contributed by atoms with E-state index >= 15 is 0 Å². The Morgan fingerprint density at radius 2 is 1.93 bits per heavy atom. The molecule has 0 saturated heterocycles. The van der Waals surface area contributed by atoms with Gasteiger partial charge >= 0.3 is 5.97 Å². The number of ether oxygens (including phenoxy) is 1. The quantitative estimate of drug-likeness (QED) is 0.742. The first kappa shape index (κ1) is 12.5. The van der Waals surface area contributed by atoms with Gasteiger partial charge in [0, 0.05) is 0 Å². The van der Waals surface area contributed by atoms with Crippen molar-refractivity contribution < 1.29 is 19.7 Å². The molecule has 0 aromatic heterocycles. The molecule has 15 heavy (non-hydrogen) atoms. The second-order valence-corrected chi connectivity index (χ2v) is 4.73. The average molecular weight is 216 g/mol. The predicted octanol–water partition coefficient (Wildman–Crippen LogP) is 1.27. The summed E-state index contributed by atoms with van der Waals surface area (Å²) in [4.78, 5) is 11.3. The van der Waals surface area contributed by atoms with Gasteiger partial charge in [-0.25, -0.2) is 4.79 Å². The molecule has 1 aliphatic carbocycles. The molecule has 1 fully saturated rings. The maximum Gasteiger partial charge on any atom is 0.335 e. The van der Waals surface area contributed by atoms with E-state index in [1.807, 2.05) is 0 Å². The first-order chi connectivity index (χ1) is 7.00. The lowest BCUT2D eigenvalue weighted by Crippen LogP contribution is -2.48. The normalized spacial score (nSPS) is 36.5. The minimum absolute atomic E-state index is 0.103. The zero-order valence-corrected chi connectivity index (χ0v) is 9.40. The van der Waals surface area contributed by atoms with Gasteiger partial charge in [0.1, 0.15) is 0 Å². The summed E-state index contributed by atoms with van der Waals surface area (Å²) in [5.74, 6) is -0.165. The van der Waals surface area contributed by atoms with E-state index in [9.17, 15) is 9.90 Å². The van der Waals surface area contributed by atoms with Crippen molar-refractivity contribution in [2.24, 2.45) is 11.8 Å². The fourth-order valence-corrected chi connectivity index (χ4v) is 2.66. The van der Waals surface area contributed by atoms with Gasteiger partial charge in [0.2, 0.25) is 0 Å². The van der Waals surface area contributed by atoms with Crippen LogP contribution in [0, 0.1) is 11.8 Å². The van der Waals surface area contributed by atoms with Gasteiger partial charge in [-0.15, -0.1) is 0 Å². The van der Waals surface area contributed by atoms with Gasteiger partial charge in [-0.05, 0) is 31.1 Å². The van der Waals surface area contributed by atoms with Crippen LogP contribution in [0.1, 0.15) is 33.1 Å². The topological polar surface area (TPSA) is 66.8 Å². The van der Waals surface area contributed by atoms with Crippen LogP contribution < -0.4 is 0 Å². The monoisotopic (exact) mass is 216 g/mol. The molecule has 1 rings (SSSR count). The van der Waals surface area contributed by atoms with Gasteiger partial charge in [-0.2, -0.15) is 0 Å². The third-order valence-electron chi connectivity index (χ3n) is 3.02. The first-order valence-corrected chi connectivity index (χ1v) is 5.48. The lowest BCUT2D eigenvalue weighted by molar-refractivity contribution is -0.177. The van der Waals surface area contributed by atoms with E-state index in [4.69, 9.17) is 9.84 Å². The standard InChI is InChI=1S/C11H20O4/c1-8-5-9(2)7-11(6-8,10(13)14)15-4-3-12/h8-9,12H,3-7H2,1-2H3,(H,13,14). The Hall–Kier alpha value is -0.610. The molecule has 0 aromatic carbocycles. The zero-order valence-electron chi connectivity index (χ0n) is 9.40. The van der Waals surface area contributed by atoms with Crippen LogP contribution in [0.2, 0.25) is 0 Å². The highest BCUT2D eigenvalue weighted by molar-refractivity contribution is 5.77. The first-order valence-electron chi connectivity index (χ1n) is 5.48. The molecule has 2 N–H and O–H groups in total. The number of carboxylic acids is 1. The molecule has 1 aliphatic rings. The smallest absolute Gasteiger partial charge is 0.335 e. The molecule has 0 radical (unpaired) electrons. The Balaban J connectivity index is 2.74. The number of carboxylic acid groups (broad SMARTS) is 1. The highest BCUT2D eigenvalue weighted by atomic mass is 16.5. The minimum atomic E-state index is -1.07. The zero-order chi connectivity index (χ0) is 11.5. The Morgan fingerprint density at radius 1 is 1.40 bits per heavy atom. The lowest BCUT2D eigenvalue weighted by atomic mass is 9.73. The van der Waals surface area contributed by atoms with Crippen LogP contribution in [-0.4, -0.2) is 35.0 Å². The molecule has 2 unspecified atom stereocenters. The minimum Gasteiger partial charge on any atom is -0.479 e. The maximum atomic E-state index is 11.3. The van der Waals surface area contributed by atoms with E-state index < -0.39 is 11.6 Å². The SMILES string of the molecule is CC1CC(C)CC(OCCO)(C(=O)O)C1. The third kappa shape index (κ3) is 2.92. The van der Waals surface area contributed by atoms with Crippen molar-refractivity contribution in [2.45, 2.75) is 38.7 Å². The third-order valence-corrected chi connectivity index (χ3v) is 3.02. The van der Waals surface area contributed by atoms with Gasteiger partial charge < -0.3 is 14.9 Å². The fourth-order valence-electron chi connectivity index (χ4n) is 2.66. The number of aliphatic carboxylic acids is 1. The molecular formula is C11H20O4. The van der Waals surface area contributed by atoms with Crippen molar-refractivity contribution >= 4 is 5.97 Å². The summed E-state index contributed by atoms with van der Waals surface area (Å²) in [6, 6.07) is 0. The van der Waals surface area contributed by atoms with E-state index in [1.54, 1.807) is 0 Å². The van der Waals surface area contributed by atoms with Gasteiger partial charge in [0.25, 0.3) is 0 Å². The molecule has 1 saturated carbocycles. The average Bonchev–Trinajstić information content (AvgIpc) is 2.13. The van der Waals surface area contributed by atoms with Crippen molar-refractivity contribution in [1.29, 1.82) is 0 Å². The fraction of sp³-hybridized carbons (Fsp3) is 0.909. The molecule has 0 heterocycles. The summed E-state index contributed by atoms with van der Waals surface area (Å²) < 4.78 is 5.37. The van der Waals surface area contributed by atoms with Gasteiger partial charge in [0.15, 0.2) is 5.60 Å². The predicted molar refractivity (Wildman–Crippen MR) is 55.6 cm³/mol. The highest BCUT2D eigenvalue weighted by Gasteiger charge is 2.45. The maximum absolute atomic E-state index is 11.3. The van der Waals surface area contributed by atoms with E-state index in [0.29, 0.717) is 24.7 Å². The van der Waals surface area contributed by atoms with Crippen LogP contribution in [0.5, 0.6) is 0 Å². The summed E-state index contributed by atoms with van der Waals surface area (Å²) in [7, 11) is 0. The second-order valence-electron chi connectivity index (χ2n) is 4.73. The number of rotatable bonds is 4. The van der Waals surface area contributed by atoms with Crippen molar-refractivity contribution in [3.8, 4) is 0 Å². The van der Waals surface area contributed by atoms with Crippen molar-refractivity contribution in [3.63, 3.8) is 0 Å². The van der Waals surface area contributed by atoms with Crippen LogP contribution >= 0.6 is 0 Å². The summed E-state index contributed by atoms with van der Waals surface area (Å²) in [5.41, 5.74) is -1.07. The van der Waals surface area contributed by atoms with Crippen molar-refractivity contribution in [1.82, 2.24) is 0 Å². The van der Waals surface area contributed by atoms with Crippen molar-refractivity contribution in [2.75, 3.05) is 13.2 Å². The molecule has 0 amide bonds. The summed E-state index contributed by atoms with van der Waals surface area (Å²) in [6.45, 7) is 4.08. The van der Waals surface area contributed by atoms with E-state index in [0.717, 1.165) is 6.42 Å². The largest absolute Gasteiger partial charge is 0.479 e. The number of carbonyl (C=O) groups is 1. The van der Waals surface area contributed by atoms with E-state index in [2.05, 4.69) is 13.8 Å². The molecule has 0 bridgehead atoms. The number of aliphatic hydroxyl groups excluding tert-OH is 1. The second kappa shape index (κ2) is 4.94. The van der Waals surface area contributed by atoms with Gasteiger partial charge in [0.05, 0.1) is 13.2 Å². The van der Waals surface area contributed by atoms with Gasteiger partial charge in [-0.3, -0.25) is 0 Å². The molecular weight excluding hydrogens is 196 g/mol. The molecule has 0 spiro atoms. The Bertz CT molecular complexity index is 217. The Labute approximate surface area is 90.2 Å². The Kier molecular flexibility index (Phi) is 4.11. The van der Waals surface area contributed by atoms with Gasteiger partial charge in [-0.1, -0.05) is 13.8 Å². The van der Waals surface area contributed by atoms with Crippen LogP contribution in [0.15, 0.2) is 0 Å². The molecule has 0 aliphatic heterocycles. The van der Waals surface area contributed by atoms with Crippen LogP contribution in [0.4, 0.5) is 0 Å². The van der Waals surface area contributed by atoms with Crippen LogP contribution in [0.3, 0.4) is 0 Å². The Morgan fingerprint density at radius 3 is 2.33 bits per heavy atom. The highest BCUT2D eigenvalue weighted by Crippen LogP contribution is 2.38. The summed E-state index contributed by atoms with van der Waals surface area (Å²) in [5, 5.41) is 18.0. The van der Waals surface area contributed by atoms with E-state index in [1.165, 1.54) is 0 Å². The molecule has 88 valence electrons. The van der Waals surface area contributed by atoms with E-state index in [-0.39, 0.29) is 13.2 Å². The number of hydrogen-bond acceptors (Lipinski definition) is 3. The summed E-state index contributed by atoms with van der Waals surface area (Å²) >= 11 is 0. The molecule has 4 nitrogen and oxygen atoms in total. The van der Waals surface area contributed by atoms with Crippen LogP contribution in [-0.2, 0) is 9.53 Å². The summed E-state index contributed by atoms with van der Waals surface area (Å²) in [6.07, 6.45) is 2.15. The number of aliphatic hydroxyl groups is 1. The van der Waals surface area contributed by atoms with Crippen LogP contribution in [0.25, 0.3) is 0 Å². The molecule has 2 atom stereocenters. The van der Waals surface area contributed by atoms with Crippen molar-refractivity contribution in [3.05, 3.63) is 0 Å². The lowest BCUT2D eigenvalue weighted by Gasteiger charge is -2.39. The molecule has 4 heteroatoms.